The molecule has 2 unspecified atom stereocenters. The summed E-state index contributed by atoms with van der Waals surface area (Å²) in [6.07, 6.45) is 2.48. The number of methoxy groups -OCH3 is 3. The highest BCUT2D eigenvalue weighted by Gasteiger charge is 2.35. The SMILES string of the molecule is COCOc1ccc(CNC(=O)N(S)C2CCc3cc(OC)ccc3C2Cc2ccccc2)cc1OC. The largest absolute Gasteiger partial charge is 0.497 e. The van der Waals surface area contributed by atoms with Crippen LogP contribution in [0.3, 0.4) is 0 Å². The van der Waals surface area contributed by atoms with Crippen molar-refractivity contribution in [1.82, 2.24) is 9.62 Å². The molecule has 0 fully saturated rings. The number of hydrogen-bond acceptors (Lipinski definition) is 6. The minimum absolute atomic E-state index is 0.0659. The summed E-state index contributed by atoms with van der Waals surface area (Å²) in [4.78, 5) is 13.2. The van der Waals surface area contributed by atoms with Crippen molar-refractivity contribution in [3.8, 4) is 17.2 Å². The van der Waals surface area contributed by atoms with Gasteiger partial charge in [0.1, 0.15) is 5.75 Å². The van der Waals surface area contributed by atoms with Gasteiger partial charge in [0.25, 0.3) is 0 Å². The van der Waals surface area contributed by atoms with E-state index in [0.29, 0.717) is 18.0 Å². The zero-order valence-electron chi connectivity index (χ0n) is 21.5. The quantitative estimate of drug-likeness (QED) is 0.276. The second-order valence-corrected chi connectivity index (χ2v) is 9.44. The molecule has 196 valence electrons. The number of hydrogen-bond donors (Lipinski definition) is 2. The van der Waals surface area contributed by atoms with Crippen LogP contribution in [0, 0.1) is 0 Å². The summed E-state index contributed by atoms with van der Waals surface area (Å²) >= 11 is 4.70. The summed E-state index contributed by atoms with van der Waals surface area (Å²) in [5, 5.41) is 3.01. The maximum atomic E-state index is 13.2. The van der Waals surface area contributed by atoms with Gasteiger partial charge in [-0.15, -0.1) is 0 Å². The van der Waals surface area contributed by atoms with Crippen molar-refractivity contribution in [2.24, 2.45) is 0 Å². The van der Waals surface area contributed by atoms with Gasteiger partial charge in [-0.1, -0.05) is 55.3 Å². The number of aryl methyl sites for hydroxylation is 1. The molecule has 0 heterocycles. The van der Waals surface area contributed by atoms with Crippen molar-refractivity contribution >= 4 is 18.8 Å². The van der Waals surface area contributed by atoms with Gasteiger partial charge in [-0.2, -0.15) is 0 Å². The standard InChI is InChI=1S/C29H34N2O5S/c1-33-19-36-27-14-9-21(16-28(27)35-3)18-30-29(32)31(37)26-13-10-22-17-23(34-2)11-12-24(22)25(26)15-20-7-5-4-6-8-20/h4-9,11-12,14,16-17,25-26,37H,10,13,15,18-19H2,1-3H3,(H,30,32). The smallest absolute Gasteiger partial charge is 0.327 e. The lowest BCUT2D eigenvalue weighted by atomic mass is 9.76. The number of benzene rings is 3. The number of amides is 2. The molecule has 3 aromatic rings. The first kappa shape index (κ1) is 26.7. The van der Waals surface area contributed by atoms with Crippen LogP contribution in [0.2, 0.25) is 0 Å². The number of ether oxygens (including phenoxy) is 4. The maximum absolute atomic E-state index is 13.2. The molecule has 1 aliphatic rings. The lowest BCUT2D eigenvalue weighted by Gasteiger charge is -2.38. The second kappa shape index (κ2) is 12.7. The van der Waals surface area contributed by atoms with Gasteiger partial charge < -0.3 is 24.3 Å². The Morgan fingerprint density at radius 2 is 1.78 bits per heavy atom. The highest BCUT2D eigenvalue weighted by atomic mass is 32.1. The van der Waals surface area contributed by atoms with E-state index < -0.39 is 0 Å². The second-order valence-electron chi connectivity index (χ2n) is 9.01. The number of urea groups is 1. The van der Waals surface area contributed by atoms with Gasteiger partial charge in [0, 0.05) is 19.6 Å². The van der Waals surface area contributed by atoms with Crippen molar-refractivity contribution in [3.63, 3.8) is 0 Å². The molecular weight excluding hydrogens is 488 g/mol. The van der Waals surface area contributed by atoms with E-state index >= 15 is 0 Å². The van der Waals surface area contributed by atoms with Crippen molar-refractivity contribution in [2.75, 3.05) is 28.1 Å². The normalized spacial score (nSPS) is 16.4. The predicted molar refractivity (Wildman–Crippen MR) is 147 cm³/mol. The third-order valence-electron chi connectivity index (χ3n) is 6.75. The molecular formula is C29H34N2O5S. The van der Waals surface area contributed by atoms with Gasteiger partial charge >= 0.3 is 6.03 Å². The zero-order valence-corrected chi connectivity index (χ0v) is 22.4. The molecule has 0 bridgehead atoms. The maximum Gasteiger partial charge on any atom is 0.327 e. The minimum Gasteiger partial charge on any atom is -0.497 e. The molecule has 2 atom stereocenters. The molecule has 0 radical (unpaired) electrons. The fourth-order valence-corrected chi connectivity index (χ4v) is 5.23. The molecule has 8 heteroatoms. The highest BCUT2D eigenvalue weighted by molar-refractivity contribution is 7.78. The fourth-order valence-electron chi connectivity index (χ4n) is 4.88. The molecule has 4 rings (SSSR count). The van der Waals surface area contributed by atoms with Crippen LogP contribution in [0.1, 0.15) is 34.6 Å². The first-order valence-corrected chi connectivity index (χ1v) is 12.7. The van der Waals surface area contributed by atoms with Gasteiger partial charge in [0.15, 0.2) is 18.3 Å². The molecule has 0 spiro atoms. The Kier molecular flexibility index (Phi) is 9.19. The lowest BCUT2D eigenvalue weighted by molar-refractivity contribution is 0.0491. The Hall–Kier alpha value is -3.36. The molecule has 1 aliphatic carbocycles. The van der Waals surface area contributed by atoms with Crippen molar-refractivity contribution in [1.29, 1.82) is 0 Å². The minimum atomic E-state index is -0.234. The Morgan fingerprint density at radius 3 is 2.51 bits per heavy atom. The number of carbonyl (C=O) groups excluding carboxylic acids is 1. The van der Waals surface area contributed by atoms with E-state index in [1.807, 2.05) is 36.4 Å². The van der Waals surface area contributed by atoms with Crippen molar-refractivity contribution < 1.29 is 23.7 Å². The van der Waals surface area contributed by atoms with Crippen LogP contribution in [0.25, 0.3) is 0 Å². The van der Waals surface area contributed by atoms with E-state index in [-0.39, 0.29) is 24.8 Å². The Labute approximate surface area is 224 Å². The molecule has 2 amide bonds. The Bertz CT molecular complexity index is 1190. The molecule has 1 N–H and O–H groups in total. The van der Waals surface area contributed by atoms with Gasteiger partial charge in [0.05, 0.1) is 20.3 Å². The number of nitrogens with zero attached hydrogens (tertiary/aromatic N) is 1. The van der Waals surface area contributed by atoms with Crippen LogP contribution < -0.4 is 19.5 Å². The molecule has 0 aromatic heterocycles. The van der Waals surface area contributed by atoms with Crippen molar-refractivity contribution in [3.05, 3.63) is 89.0 Å². The van der Waals surface area contributed by atoms with Crippen LogP contribution in [0.4, 0.5) is 4.79 Å². The average Bonchev–Trinajstić information content (AvgIpc) is 2.94. The third kappa shape index (κ3) is 6.50. The number of nitrogens with one attached hydrogen (secondary N) is 1. The molecule has 7 nitrogen and oxygen atoms in total. The van der Waals surface area contributed by atoms with E-state index in [2.05, 4.69) is 29.6 Å². The molecule has 0 saturated carbocycles. The van der Waals surface area contributed by atoms with Gasteiger partial charge in [-0.05, 0) is 65.8 Å². The van der Waals surface area contributed by atoms with Crippen LogP contribution in [0.15, 0.2) is 66.7 Å². The number of thiol groups is 1. The van der Waals surface area contributed by atoms with Crippen LogP contribution in [-0.4, -0.2) is 44.5 Å². The van der Waals surface area contributed by atoms with E-state index in [1.165, 1.54) is 16.7 Å². The summed E-state index contributed by atoms with van der Waals surface area (Å²) < 4.78 is 22.9. The summed E-state index contributed by atoms with van der Waals surface area (Å²) in [5.41, 5.74) is 4.62. The highest BCUT2D eigenvalue weighted by Crippen LogP contribution is 2.39. The summed E-state index contributed by atoms with van der Waals surface area (Å²) in [5.74, 6) is 2.12. The van der Waals surface area contributed by atoms with Gasteiger partial charge in [0.2, 0.25) is 0 Å². The van der Waals surface area contributed by atoms with Crippen LogP contribution in [0.5, 0.6) is 17.2 Å². The monoisotopic (exact) mass is 522 g/mol. The first-order chi connectivity index (χ1) is 18.0. The molecule has 37 heavy (non-hydrogen) atoms. The molecule has 0 saturated heterocycles. The zero-order chi connectivity index (χ0) is 26.2. The van der Waals surface area contributed by atoms with Gasteiger partial charge in [-0.3, -0.25) is 4.31 Å². The first-order valence-electron chi connectivity index (χ1n) is 12.3. The lowest BCUT2D eigenvalue weighted by Crippen LogP contribution is -2.45. The van der Waals surface area contributed by atoms with E-state index in [1.54, 1.807) is 31.7 Å². The van der Waals surface area contributed by atoms with E-state index in [9.17, 15) is 4.79 Å². The van der Waals surface area contributed by atoms with Crippen molar-refractivity contribution in [2.45, 2.75) is 37.8 Å². The van der Waals surface area contributed by atoms with Crippen LogP contribution in [-0.2, 0) is 24.1 Å². The number of fused-ring (bicyclic) bond motifs is 1. The van der Waals surface area contributed by atoms with Gasteiger partial charge in [-0.25, -0.2) is 4.79 Å². The Balaban J connectivity index is 1.49. The van der Waals surface area contributed by atoms with Crippen LogP contribution >= 0.6 is 12.8 Å². The topological polar surface area (TPSA) is 69.3 Å². The summed E-state index contributed by atoms with van der Waals surface area (Å²) in [6, 6.07) is 21.9. The number of carbonyl (C=O) groups is 1. The fraction of sp³-hybridized carbons (Fsp3) is 0.345. The summed E-state index contributed by atoms with van der Waals surface area (Å²) in [6.45, 7) is 0.461. The third-order valence-corrected chi connectivity index (χ3v) is 7.23. The molecule has 3 aromatic carbocycles. The average molecular weight is 523 g/mol. The Morgan fingerprint density at radius 1 is 0.973 bits per heavy atom. The number of rotatable bonds is 10. The van der Waals surface area contributed by atoms with E-state index in [4.69, 9.17) is 31.8 Å². The predicted octanol–water partition coefficient (Wildman–Crippen LogP) is 5.38. The molecule has 0 aliphatic heterocycles. The summed E-state index contributed by atoms with van der Waals surface area (Å²) in [7, 11) is 4.83. The van der Waals surface area contributed by atoms with E-state index in [0.717, 1.165) is 30.6 Å².